The zero-order valence-corrected chi connectivity index (χ0v) is 13.5. The van der Waals surface area contributed by atoms with Gasteiger partial charge in [0.05, 0.1) is 6.54 Å². The molecule has 1 aromatic rings. The van der Waals surface area contributed by atoms with Gasteiger partial charge in [0.2, 0.25) is 5.91 Å². The van der Waals surface area contributed by atoms with Gasteiger partial charge in [0.25, 0.3) is 5.91 Å². The van der Waals surface area contributed by atoms with Crippen LogP contribution in [0.3, 0.4) is 0 Å². The predicted octanol–water partition coefficient (Wildman–Crippen LogP) is 0.627. The number of ether oxygens (including phenoxy) is 1. The maximum atomic E-state index is 13.1. The minimum Gasteiger partial charge on any atom is -0.484 e. The normalized spacial score (nSPS) is 18.3. The number of carbonyl (C=O) groups is 2. The van der Waals surface area contributed by atoms with E-state index in [1.54, 1.807) is 17.0 Å². The van der Waals surface area contributed by atoms with Gasteiger partial charge in [0, 0.05) is 38.3 Å². The van der Waals surface area contributed by atoms with Crippen LogP contribution >= 0.6 is 0 Å². The van der Waals surface area contributed by atoms with Crippen LogP contribution in [0.1, 0.15) is 12.8 Å². The zero-order valence-electron chi connectivity index (χ0n) is 13.5. The van der Waals surface area contributed by atoms with Crippen LogP contribution < -0.4 is 10.1 Å². The number of piperazine rings is 1. The summed E-state index contributed by atoms with van der Waals surface area (Å²) in [5, 5.41) is 2.97. The van der Waals surface area contributed by atoms with Crippen LogP contribution in [0.4, 0.5) is 4.39 Å². The molecule has 1 aliphatic heterocycles. The van der Waals surface area contributed by atoms with E-state index in [1.165, 1.54) is 12.1 Å². The van der Waals surface area contributed by atoms with Crippen LogP contribution in [0, 0.1) is 5.82 Å². The maximum Gasteiger partial charge on any atom is 0.260 e. The number of nitrogens with zero attached hydrogens (tertiary/aromatic N) is 2. The van der Waals surface area contributed by atoms with Gasteiger partial charge in [0.1, 0.15) is 11.6 Å². The summed E-state index contributed by atoms with van der Waals surface area (Å²) in [5.74, 6) is -0.107. The van der Waals surface area contributed by atoms with E-state index in [0.717, 1.165) is 12.8 Å². The first kappa shape index (κ1) is 16.7. The lowest BCUT2D eigenvalue weighted by atomic mass is 10.3. The van der Waals surface area contributed by atoms with Gasteiger partial charge in [-0.2, -0.15) is 0 Å². The first-order valence-electron chi connectivity index (χ1n) is 8.28. The van der Waals surface area contributed by atoms with Crippen molar-refractivity contribution < 1.29 is 18.7 Å². The van der Waals surface area contributed by atoms with Crippen molar-refractivity contribution in [3.8, 4) is 5.75 Å². The summed E-state index contributed by atoms with van der Waals surface area (Å²) in [6.45, 7) is 2.77. The molecule has 6 nitrogen and oxygen atoms in total. The Kier molecular flexibility index (Phi) is 5.30. The molecule has 0 spiro atoms. The Morgan fingerprint density at radius 3 is 2.62 bits per heavy atom. The first-order chi connectivity index (χ1) is 11.6. The molecule has 0 unspecified atom stereocenters. The number of rotatable bonds is 6. The van der Waals surface area contributed by atoms with Crippen LogP contribution in [-0.4, -0.2) is 67.0 Å². The molecule has 0 aromatic heterocycles. The van der Waals surface area contributed by atoms with Gasteiger partial charge in [-0.25, -0.2) is 4.39 Å². The van der Waals surface area contributed by atoms with E-state index in [1.807, 2.05) is 0 Å². The fraction of sp³-hybridized carbons (Fsp3) is 0.529. The van der Waals surface area contributed by atoms with Crippen molar-refractivity contribution in [1.29, 1.82) is 0 Å². The summed E-state index contributed by atoms with van der Waals surface area (Å²) in [4.78, 5) is 27.7. The van der Waals surface area contributed by atoms with Crippen molar-refractivity contribution in [2.24, 2.45) is 0 Å². The highest BCUT2D eigenvalue weighted by atomic mass is 19.1. The highest BCUT2D eigenvalue weighted by molar-refractivity contribution is 5.79. The molecule has 24 heavy (non-hydrogen) atoms. The number of hydrogen-bond donors (Lipinski definition) is 1. The smallest absolute Gasteiger partial charge is 0.260 e. The van der Waals surface area contributed by atoms with E-state index >= 15 is 0 Å². The van der Waals surface area contributed by atoms with Crippen LogP contribution in [0.5, 0.6) is 5.75 Å². The van der Waals surface area contributed by atoms with E-state index in [0.29, 0.717) is 44.5 Å². The maximum absolute atomic E-state index is 13.1. The van der Waals surface area contributed by atoms with Crippen molar-refractivity contribution in [2.45, 2.75) is 18.9 Å². The van der Waals surface area contributed by atoms with Crippen LogP contribution in [0.15, 0.2) is 24.3 Å². The van der Waals surface area contributed by atoms with E-state index in [9.17, 15) is 14.0 Å². The Morgan fingerprint density at radius 2 is 1.96 bits per heavy atom. The molecular formula is C17H22FN3O3. The lowest BCUT2D eigenvalue weighted by Crippen LogP contribution is -2.52. The van der Waals surface area contributed by atoms with E-state index < -0.39 is 5.82 Å². The molecule has 3 rings (SSSR count). The second kappa shape index (κ2) is 7.61. The largest absolute Gasteiger partial charge is 0.484 e. The van der Waals surface area contributed by atoms with Crippen LogP contribution in [0.2, 0.25) is 0 Å². The average Bonchev–Trinajstić information content (AvgIpc) is 3.37. The van der Waals surface area contributed by atoms with Crippen LogP contribution in [-0.2, 0) is 9.59 Å². The van der Waals surface area contributed by atoms with Gasteiger partial charge < -0.3 is 15.0 Å². The third-order valence-corrected chi connectivity index (χ3v) is 4.19. The monoisotopic (exact) mass is 335 g/mol. The fourth-order valence-corrected chi connectivity index (χ4v) is 2.65. The minimum atomic E-state index is -0.391. The van der Waals surface area contributed by atoms with Gasteiger partial charge in [0.15, 0.2) is 6.61 Å². The summed E-state index contributed by atoms with van der Waals surface area (Å²) in [7, 11) is 0. The van der Waals surface area contributed by atoms with Crippen molar-refractivity contribution in [3.05, 3.63) is 30.1 Å². The fourth-order valence-electron chi connectivity index (χ4n) is 2.65. The first-order valence-corrected chi connectivity index (χ1v) is 8.28. The lowest BCUT2D eigenvalue weighted by molar-refractivity contribution is -0.135. The number of hydrogen-bond acceptors (Lipinski definition) is 4. The Morgan fingerprint density at radius 1 is 1.21 bits per heavy atom. The van der Waals surface area contributed by atoms with Crippen LogP contribution in [0.25, 0.3) is 0 Å². The topological polar surface area (TPSA) is 61.9 Å². The molecule has 130 valence electrons. The zero-order chi connectivity index (χ0) is 16.9. The Labute approximate surface area is 140 Å². The molecule has 1 aromatic carbocycles. The summed E-state index contributed by atoms with van der Waals surface area (Å²) in [5.41, 5.74) is 0. The number of carbonyl (C=O) groups excluding carboxylic acids is 2. The van der Waals surface area contributed by atoms with Gasteiger partial charge >= 0.3 is 0 Å². The highest BCUT2D eigenvalue weighted by Gasteiger charge is 2.26. The summed E-state index contributed by atoms with van der Waals surface area (Å²) < 4.78 is 18.4. The Balaban J connectivity index is 1.37. The molecule has 2 amide bonds. The Bertz CT molecular complexity index is 598. The molecule has 2 fully saturated rings. The average molecular weight is 335 g/mol. The van der Waals surface area contributed by atoms with E-state index in [4.69, 9.17) is 4.74 Å². The third-order valence-electron chi connectivity index (χ3n) is 4.19. The summed E-state index contributed by atoms with van der Waals surface area (Å²) >= 11 is 0. The molecule has 0 atom stereocenters. The standard InChI is InChI=1S/C17H22FN3O3/c18-13-2-1-3-15(10-13)24-12-17(23)21-8-6-20(7-9-21)11-16(22)19-14-4-5-14/h1-3,10,14H,4-9,11-12H2,(H,19,22). The van der Waals surface area contributed by atoms with Gasteiger partial charge in [-0.3, -0.25) is 14.5 Å². The lowest BCUT2D eigenvalue weighted by Gasteiger charge is -2.34. The molecule has 1 heterocycles. The predicted molar refractivity (Wildman–Crippen MR) is 86.1 cm³/mol. The Hall–Kier alpha value is -2.15. The second-order valence-electron chi connectivity index (χ2n) is 6.24. The number of nitrogens with one attached hydrogen (secondary N) is 1. The van der Waals surface area contributed by atoms with Crippen molar-refractivity contribution in [3.63, 3.8) is 0 Å². The summed E-state index contributed by atoms with van der Waals surface area (Å²) in [6, 6.07) is 6.12. The van der Waals surface area contributed by atoms with Crippen molar-refractivity contribution in [1.82, 2.24) is 15.1 Å². The van der Waals surface area contributed by atoms with Gasteiger partial charge in [-0.1, -0.05) is 6.07 Å². The molecule has 0 radical (unpaired) electrons. The molecule has 2 aliphatic rings. The quantitative estimate of drug-likeness (QED) is 0.828. The van der Waals surface area contributed by atoms with E-state index in [-0.39, 0.29) is 18.4 Å². The van der Waals surface area contributed by atoms with Crippen molar-refractivity contribution in [2.75, 3.05) is 39.3 Å². The molecule has 1 aliphatic carbocycles. The highest BCUT2D eigenvalue weighted by Crippen LogP contribution is 2.18. The number of benzene rings is 1. The third kappa shape index (κ3) is 4.92. The number of amides is 2. The molecule has 0 bridgehead atoms. The SMILES string of the molecule is O=C(CN1CCN(C(=O)COc2cccc(F)c2)CC1)NC1CC1. The molecule has 7 heteroatoms. The minimum absolute atomic E-state index is 0.0618. The van der Waals surface area contributed by atoms with Crippen molar-refractivity contribution >= 4 is 11.8 Å². The molecule has 1 saturated carbocycles. The number of halogens is 1. The second-order valence-corrected chi connectivity index (χ2v) is 6.24. The van der Waals surface area contributed by atoms with Gasteiger partial charge in [-0.15, -0.1) is 0 Å². The molecular weight excluding hydrogens is 313 g/mol. The molecule has 1 saturated heterocycles. The molecule has 1 N–H and O–H groups in total. The van der Waals surface area contributed by atoms with Gasteiger partial charge in [-0.05, 0) is 25.0 Å². The van der Waals surface area contributed by atoms with E-state index in [2.05, 4.69) is 10.2 Å². The summed E-state index contributed by atoms with van der Waals surface area (Å²) in [6.07, 6.45) is 2.17.